The summed E-state index contributed by atoms with van der Waals surface area (Å²) in [5.41, 5.74) is 1.37. The SMILES string of the molecule is CCC(C)C(=O)CCCc1cc2cccc3ccc4cccc1c4c32. The number of benzene rings is 4. The van der Waals surface area contributed by atoms with Crippen LogP contribution in [-0.4, -0.2) is 5.78 Å². The Morgan fingerprint density at radius 1 is 0.920 bits per heavy atom. The van der Waals surface area contributed by atoms with Crippen LogP contribution in [0.25, 0.3) is 32.3 Å². The van der Waals surface area contributed by atoms with E-state index >= 15 is 0 Å². The first-order valence-corrected chi connectivity index (χ1v) is 9.37. The maximum absolute atomic E-state index is 12.1. The lowest BCUT2D eigenvalue weighted by molar-refractivity contribution is -0.122. The Labute approximate surface area is 149 Å². The van der Waals surface area contributed by atoms with Crippen LogP contribution in [0.3, 0.4) is 0 Å². The number of Topliss-reactive ketones (excluding diaryl/α,β-unsaturated/α-hetero) is 1. The second-order valence-corrected chi connectivity index (χ2v) is 7.21. The molecule has 4 rings (SSSR count). The highest BCUT2D eigenvalue weighted by molar-refractivity contribution is 6.23. The Kier molecular flexibility index (Phi) is 4.17. The summed E-state index contributed by atoms with van der Waals surface area (Å²) in [7, 11) is 0. The van der Waals surface area contributed by atoms with Gasteiger partial charge in [-0.15, -0.1) is 0 Å². The van der Waals surface area contributed by atoms with E-state index in [9.17, 15) is 4.79 Å². The maximum Gasteiger partial charge on any atom is 0.135 e. The number of hydrogen-bond acceptors (Lipinski definition) is 1. The highest BCUT2D eigenvalue weighted by atomic mass is 16.1. The normalized spacial score (nSPS) is 13.0. The lowest BCUT2D eigenvalue weighted by atomic mass is 9.89. The van der Waals surface area contributed by atoms with Gasteiger partial charge in [0.05, 0.1) is 0 Å². The van der Waals surface area contributed by atoms with Crippen molar-refractivity contribution in [2.24, 2.45) is 5.92 Å². The molecule has 0 bridgehead atoms. The van der Waals surface area contributed by atoms with Crippen molar-refractivity contribution in [3.8, 4) is 0 Å². The van der Waals surface area contributed by atoms with Crippen LogP contribution < -0.4 is 0 Å². The molecule has 1 nitrogen and oxygen atoms in total. The number of carbonyl (C=O) groups is 1. The number of hydrogen-bond donors (Lipinski definition) is 0. The first-order chi connectivity index (χ1) is 12.2. The van der Waals surface area contributed by atoms with Gasteiger partial charge in [-0.05, 0) is 57.1 Å². The third kappa shape index (κ3) is 2.78. The van der Waals surface area contributed by atoms with Crippen LogP contribution in [0.1, 0.15) is 38.7 Å². The molecule has 0 aliphatic rings. The zero-order chi connectivity index (χ0) is 17.4. The van der Waals surface area contributed by atoms with E-state index in [2.05, 4.69) is 61.5 Å². The summed E-state index contributed by atoms with van der Waals surface area (Å²) in [6.07, 6.45) is 3.53. The standard InChI is InChI=1S/C24H24O/c1-3-16(2)22(25)12-6-9-19-15-20-10-4-7-17-13-14-18-8-5-11-21(19)24(18)23(17)20/h4-5,7-8,10-11,13-16H,3,6,9,12H2,1-2H3. The molecule has 0 radical (unpaired) electrons. The molecule has 1 unspecified atom stereocenters. The fourth-order valence-electron chi connectivity index (χ4n) is 3.97. The summed E-state index contributed by atoms with van der Waals surface area (Å²) in [5.74, 6) is 0.595. The highest BCUT2D eigenvalue weighted by Gasteiger charge is 2.13. The van der Waals surface area contributed by atoms with Gasteiger partial charge in [-0.1, -0.05) is 68.4 Å². The lowest BCUT2D eigenvalue weighted by Crippen LogP contribution is -2.09. The van der Waals surface area contributed by atoms with E-state index in [4.69, 9.17) is 0 Å². The van der Waals surface area contributed by atoms with Gasteiger partial charge < -0.3 is 0 Å². The number of ketones is 1. The summed E-state index contributed by atoms with van der Waals surface area (Å²) in [6, 6.07) is 19.9. The topological polar surface area (TPSA) is 17.1 Å². The molecule has 0 aliphatic heterocycles. The van der Waals surface area contributed by atoms with Crippen molar-refractivity contribution in [2.45, 2.75) is 39.5 Å². The fourth-order valence-corrected chi connectivity index (χ4v) is 3.97. The molecule has 0 heterocycles. The summed E-state index contributed by atoms with van der Waals surface area (Å²) in [4.78, 5) is 12.1. The molecule has 0 saturated carbocycles. The Bertz CT molecular complexity index is 1040. The van der Waals surface area contributed by atoms with Crippen LogP contribution in [-0.2, 0) is 11.2 Å². The van der Waals surface area contributed by atoms with E-state index in [0.717, 1.165) is 19.3 Å². The Morgan fingerprint density at radius 3 is 2.36 bits per heavy atom. The molecule has 0 spiro atoms. The molecule has 1 atom stereocenters. The lowest BCUT2D eigenvalue weighted by Gasteiger charge is -2.15. The number of rotatable bonds is 6. The molecule has 0 aromatic heterocycles. The van der Waals surface area contributed by atoms with Gasteiger partial charge in [0.15, 0.2) is 0 Å². The van der Waals surface area contributed by atoms with Crippen LogP contribution >= 0.6 is 0 Å². The second kappa shape index (κ2) is 6.48. The Morgan fingerprint density at radius 2 is 1.60 bits per heavy atom. The summed E-state index contributed by atoms with van der Waals surface area (Å²) in [6.45, 7) is 4.13. The molecule has 0 amide bonds. The molecule has 126 valence electrons. The second-order valence-electron chi connectivity index (χ2n) is 7.21. The van der Waals surface area contributed by atoms with Crippen molar-refractivity contribution in [1.29, 1.82) is 0 Å². The summed E-state index contributed by atoms with van der Waals surface area (Å²) < 4.78 is 0. The van der Waals surface area contributed by atoms with Gasteiger partial charge in [0, 0.05) is 12.3 Å². The van der Waals surface area contributed by atoms with Gasteiger partial charge >= 0.3 is 0 Å². The van der Waals surface area contributed by atoms with E-state index in [1.165, 1.54) is 37.9 Å². The first kappa shape index (κ1) is 16.1. The van der Waals surface area contributed by atoms with Crippen molar-refractivity contribution in [3.63, 3.8) is 0 Å². The molecule has 0 saturated heterocycles. The zero-order valence-corrected chi connectivity index (χ0v) is 15.0. The van der Waals surface area contributed by atoms with Gasteiger partial charge in [-0.3, -0.25) is 4.79 Å². The minimum Gasteiger partial charge on any atom is -0.299 e. The maximum atomic E-state index is 12.1. The fraction of sp³-hybridized carbons (Fsp3) is 0.292. The van der Waals surface area contributed by atoms with Crippen molar-refractivity contribution >= 4 is 38.1 Å². The van der Waals surface area contributed by atoms with E-state index in [1.807, 2.05) is 6.92 Å². The van der Waals surface area contributed by atoms with Crippen molar-refractivity contribution in [2.75, 3.05) is 0 Å². The largest absolute Gasteiger partial charge is 0.299 e. The van der Waals surface area contributed by atoms with E-state index in [1.54, 1.807) is 0 Å². The van der Waals surface area contributed by atoms with E-state index in [0.29, 0.717) is 12.2 Å². The van der Waals surface area contributed by atoms with Crippen LogP contribution in [0.4, 0.5) is 0 Å². The van der Waals surface area contributed by atoms with E-state index in [-0.39, 0.29) is 5.92 Å². The zero-order valence-electron chi connectivity index (χ0n) is 15.0. The average molecular weight is 328 g/mol. The molecule has 4 aromatic carbocycles. The van der Waals surface area contributed by atoms with Crippen LogP contribution in [0, 0.1) is 5.92 Å². The van der Waals surface area contributed by atoms with Crippen molar-refractivity contribution in [3.05, 3.63) is 60.2 Å². The molecular formula is C24H24O. The van der Waals surface area contributed by atoms with Gasteiger partial charge in [-0.2, -0.15) is 0 Å². The molecule has 0 fully saturated rings. The van der Waals surface area contributed by atoms with Gasteiger partial charge in [0.2, 0.25) is 0 Å². The quantitative estimate of drug-likeness (QED) is 0.368. The molecule has 0 aliphatic carbocycles. The smallest absolute Gasteiger partial charge is 0.135 e. The van der Waals surface area contributed by atoms with E-state index < -0.39 is 0 Å². The molecule has 4 aromatic rings. The molecule has 1 heteroatoms. The van der Waals surface area contributed by atoms with Gasteiger partial charge in [0.25, 0.3) is 0 Å². The predicted molar refractivity (Wildman–Crippen MR) is 108 cm³/mol. The van der Waals surface area contributed by atoms with Crippen molar-refractivity contribution < 1.29 is 4.79 Å². The van der Waals surface area contributed by atoms with Crippen LogP contribution in [0.2, 0.25) is 0 Å². The monoisotopic (exact) mass is 328 g/mol. The number of aryl methyl sites for hydroxylation is 1. The van der Waals surface area contributed by atoms with Crippen molar-refractivity contribution in [1.82, 2.24) is 0 Å². The number of carbonyl (C=O) groups excluding carboxylic acids is 1. The third-order valence-electron chi connectivity index (χ3n) is 5.63. The molecule has 0 N–H and O–H groups in total. The predicted octanol–water partition coefficient (Wildman–Crippen LogP) is 6.52. The first-order valence-electron chi connectivity index (χ1n) is 9.37. The molecule has 25 heavy (non-hydrogen) atoms. The van der Waals surface area contributed by atoms with Crippen LogP contribution in [0.5, 0.6) is 0 Å². The Hall–Kier alpha value is -2.41. The molecular weight excluding hydrogens is 304 g/mol. The minimum atomic E-state index is 0.193. The van der Waals surface area contributed by atoms with Gasteiger partial charge in [-0.25, -0.2) is 0 Å². The average Bonchev–Trinajstić information content (AvgIpc) is 2.65. The van der Waals surface area contributed by atoms with Gasteiger partial charge in [0.1, 0.15) is 5.78 Å². The highest BCUT2D eigenvalue weighted by Crippen LogP contribution is 2.36. The third-order valence-corrected chi connectivity index (χ3v) is 5.63. The summed E-state index contributed by atoms with van der Waals surface area (Å²) in [5, 5.41) is 8.01. The van der Waals surface area contributed by atoms with Crippen LogP contribution in [0.15, 0.2) is 54.6 Å². The minimum absolute atomic E-state index is 0.193. The summed E-state index contributed by atoms with van der Waals surface area (Å²) >= 11 is 0. The Balaban J connectivity index is 1.75.